The number of rotatable bonds is 4. The van der Waals surface area contributed by atoms with Crippen LogP contribution in [0.5, 0.6) is 0 Å². The molecule has 6 nitrogen and oxygen atoms in total. The summed E-state index contributed by atoms with van der Waals surface area (Å²) < 4.78 is 5.08. The third kappa shape index (κ3) is 2.96. The van der Waals surface area contributed by atoms with Crippen LogP contribution < -0.4 is 10.6 Å². The third-order valence-corrected chi connectivity index (χ3v) is 4.86. The van der Waals surface area contributed by atoms with E-state index in [9.17, 15) is 4.79 Å². The van der Waals surface area contributed by atoms with E-state index in [2.05, 4.69) is 15.9 Å². The molecule has 114 valence electrons. The first-order valence-electron chi connectivity index (χ1n) is 6.90. The SMILES string of the molecule is CCOC(=O)c1c(N2CCC(N(C)C)C2)sc(C#N)c1N. The Labute approximate surface area is 128 Å². The van der Waals surface area contributed by atoms with Crippen LogP contribution in [0.4, 0.5) is 10.7 Å². The molecule has 1 atom stereocenters. The topological polar surface area (TPSA) is 82.6 Å². The highest BCUT2D eigenvalue weighted by atomic mass is 32.1. The molecule has 1 fully saturated rings. The van der Waals surface area contributed by atoms with E-state index >= 15 is 0 Å². The van der Waals surface area contributed by atoms with Gasteiger partial charge >= 0.3 is 5.97 Å². The molecule has 1 saturated heterocycles. The fourth-order valence-corrected chi connectivity index (χ4v) is 3.53. The Hall–Kier alpha value is -1.78. The van der Waals surface area contributed by atoms with Crippen molar-refractivity contribution in [3.63, 3.8) is 0 Å². The molecular weight excluding hydrogens is 288 g/mol. The van der Waals surface area contributed by atoms with Crippen molar-refractivity contribution in [2.75, 3.05) is 44.4 Å². The minimum atomic E-state index is -0.448. The lowest BCUT2D eigenvalue weighted by Crippen LogP contribution is -2.31. The van der Waals surface area contributed by atoms with Gasteiger partial charge < -0.3 is 20.3 Å². The van der Waals surface area contributed by atoms with Crippen LogP contribution in [0, 0.1) is 11.3 Å². The van der Waals surface area contributed by atoms with E-state index in [1.807, 2.05) is 14.1 Å². The molecule has 1 unspecified atom stereocenters. The average Bonchev–Trinajstić information content (AvgIpc) is 3.03. The van der Waals surface area contributed by atoms with Crippen LogP contribution in [0.2, 0.25) is 0 Å². The van der Waals surface area contributed by atoms with Crippen LogP contribution in [0.3, 0.4) is 0 Å². The average molecular weight is 308 g/mol. The molecule has 0 bridgehead atoms. The van der Waals surface area contributed by atoms with Crippen molar-refractivity contribution in [1.29, 1.82) is 5.26 Å². The summed E-state index contributed by atoms with van der Waals surface area (Å²) in [4.78, 5) is 16.8. The van der Waals surface area contributed by atoms with Crippen molar-refractivity contribution >= 4 is 28.0 Å². The second kappa shape index (κ2) is 6.33. The maximum Gasteiger partial charge on any atom is 0.343 e. The van der Waals surface area contributed by atoms with Gasteiger partial charge in [-0.3, -0.25) is 0 Å². The fraction of sp³-hybridized carbons (Fsp3) is 0.571. The number of nitrogens with zero attached hydrogens (tertiary/aromatic N) is 3. The van der Waals surface area contributed by atoms with Gasteiger partial charge in [-0.2, -0.15) is 5.26 Å². The normalized spacial score (nSPS) is 18.0. The number of hydrogen-bond acceptors (Lipinski definition) is 7. The first-order chi connectivity index (χ1) is 9.99. The van der Waals surface area contributed by atoms with Gasteiger partial charge in [0.2, 0.25) is 0 Å². The van der Waals surface area contributed by atoms with E-state index in [-0.39, 0.29) is 12.3 Å². The van der Waals surface area contributed by atoms with Gasteiger partial charge in [0, 0.05) is 19.1 Å². The first-order valence-corrected chi connectivity index (χ1v) is 7.72. The zero-order valence-electron chi connectivity index (χ0n) is 12.5. The lowest BCUT2D eigenvalue weighted by atomic mass is 10.2. The standard InChI is InChI=1S/C14H20N4O2S/c1-4-20-14(19)11-12(16)10(7-15)21-13(11)18-6-5-9(8-18)17(2)3/h9H,4-6,8,16H2,1-3H3. The maximum atomic E-state index is 12.1. The van der Waals surface area contributed by atoms with Crippen molar-refractivity contribution < 1.29 is 9.53 Å². The number of nitrogen functional groups attached to an aromatic ring is 1. The molecule has 1 aromatic rings. The van der Waals surface area contributed by atoms with Crippen LogP contribution in [0.15, 0.2) is 0 Å². The second-order valence-corrected chi connectivity index (χ2v) is 6.21. The Morgan fingerprint density at radius 1 is 1.62 bits per heavy atom. The molecule has 0 amide bonds. The fourth-order valence-electron chi connectivity index (χ4n) is 2.49. The first kappa shape index (κ1) is 15.6. The van der Waals surface area contributed by atoms with Gasteiger partial charge in [0.15, 0.2) is 0 Å². The minimum Gasteiger partial charge on any atom is -0.462 e. The van der Waals surface area contributed by atoms with Crippen molar-refractivity contribution in [3.8, 4) is 6.07 Å². The highest BCUT2D eigenvalue weighted by Gasteiger charge is 2.31. The molecular formula is C14H20N4O2S. The summed E-state index contributed by atoms with van der Waals surface area (Å²) in [5, 5.41) is 9.91. The number of nitrogens with two attached hydrogens (primary N) is 1. The Balaban J connectivity index is 2.35. The number of carbonyl (C=O) groups excluding carboxylic acids is 1. The second-order valence-electron chi connectivity index (χ2n) is 5.21. The van der Waals surface area contributed by atoms with Crippen molar-refractivity contribution in [3.05, 3.63) is 10.4 Å². The molecule has 2 N–H and O–H groups in total. The number of likely N-dealkylation sites (N-methyl/N-ethyl adjacent to an activating group) is 1. The van der Waals surface area contributed by atoms with Gasteiger partial charge in [0.05, 0.1) is 12.3 Å². The zero-order chi connectivity index (χ0) is 15.6. The number of carbonyl (C=O) groups is 1. The summed E-state index contributed by atoms with van der Waals surface area (Å²) in [6, 6.07) is 2.50. The highest BCUT2D eigenvalue weighted by molar-refractivity contribution is 7.17. The van der Waals surface area contributed by atoms with E-state index in [1.54, 1.807) is 6.92 Å². The molecule has 0 aliphatic carbocycles. The summed E-state index contributed by atoms with van der Waals surface area (Å²) >= 11 is 1.27. The summed E-state index contributed by atoms with van der Waals surface area (Å²) in [7, 11) is 4.09. The van der Waals surface area contributed by atoms with Gasteiger partial charge in [-0.25, -0.2) is 4.79 Å². The van der Waals surface area contributed by atoms with E-state index < -0.39 is 5.97 Å². The number of ether oxygens (including phenoxy) is 1. The summed E-state index contributed by atoms with van der Waals surface area (Å²) in [6.07, 6.45) is 1.02. The monoisotopic (exact) mass is 308 g/mol. The van der Waals surface area contributed by atoms with Gasteiger partial charge in [-0.05, 0) is 27.4 Å². The Bertz CT molecular complexity index is 576. The number of nitriles is 1. The quantitative estimate of drug-likeness (QED) is 0.849. The van der Waals surface area contributed by atoms with Gasteiger partial charge in [-0.1, -0.05) is 0 Å². The Kier molecular flexibility index (Phi) is 4.70. The molecule has 2 heterocycles. The largest absolute Gasteiger partial charge is 0.462 e. The predicted octanol–water partition coefficient (Wildman–Crippen LogP) is 1.52. The van der Waals surface area contributed by atoms with Gasteiger partial charge in [0.1, 0.15) is 21.5 Å². The van der Waals surface area contributed by atoms with E-state index in [0.717, 1.165) is 24.5 Å². The third-order valence-electron chi connectivity index (χ3n) is 3.69. The lowest BCUT2D eigenvalue weighted by molar-refractivity contribution is 0.0529. The van der Waals surface area contributed by atoms with Crippen molar-refractivity contribution in [2.45, 2.75) is 19.4 Å². The predicted molar refractivity (Wildman–Crippen MR) is 83.7 cm³/mol. The minimum absolute atomic E-state index is 0.240. The smallest absolute Gasteiger partial charge is 0.343 e. The molecule has 0 radical (unpaired) electrons. The summed E-state index contributed by atoms with van der Waals surface area (Å²) in [5.41, 5.74) is 6.54. The molecule has 1 aromatic heterocycles. The van der Waals surface area contributed by atoms with Crippen molar-refractivity contribution in [2.24, 2.45) is 0 Å². The van der Waals surface area contributed by atoms with E-state index in [4.69, 9.17) is 15.7 Å². The van der Waals surface area contributed by atoms with Crippen molar-refractivity contribution in [1.82, 2.24) is 4.90 Å². The molecule has 21 heavy (non-hydrogen) atoms. The lowest BCUT2D eigenvalue weighted by Gasteiger charge is -2.21. The number of esters is 1. The van der Waals surface area contributed by atoms with Crippen LogP contribution in [-0.2, 0) is 4.74 Å². The maximum absolute atomic E-state index is 12.1. The molecule has 0 aromatic carbocycles. The zero-order valence-corrected chi connectivity index (χ0v) is 13.4. The van der Waals surface area contributed by atoms with Crippen LogP contribution in [0.25, 0.3) is 0 Å². The molecule has 7 heteroatoms. The van der Waals surface area contributed by atoms with E-state index in [0.29, 0.717) is 16.5 Å². The Morgan fingerprint density at radius 3 is 2.86 bits per heavy atom. The van der Waals surface area contributed by atoms with Crippen LogP contribution in [-0.4, -0.2) is 50.7 Å². The number of hydrogen-bond donors (Lipinski definition) is 1. The molecule has 1 aliphatic heterocycles. The molecule has 0 saturated carbocycles. The highest BCUT2D eigenvalue weighted by Crippen LogP contribution is 2.40. The molecule has 2 rings (SSSR count). The van der Waals surface area contributed by atoms with Gasteiger partial charge in [-0.15, -0.1) is 11.3 Å². The van der Waals surface area contributed by atoms with Crippen LogP contribution in [0.1, 0.15) is 28.6 Å². The van der Waals surface area contributed by atoms with Crippen LogP contribution >= 0.6 is 11.3 Å². The number of anilines is 2. The van der Waals surface area contributed by atoms with Gasteiger partial charge in [0.25, 0.3) is 0 Å². The molecule has 0 spiro atoms. The van der Waals surface area contributed by atoms with E-state index in [1.165, 1.54) is 11.3 Å². The summed E-state index contributed by atoms with van der Waals surface area (Å²) in [6.45, 7) is 3.71. The summed E-state index contributed by atoms with van der Waals surface area (Å²) in [5.74, 6) is -0.448. The molecule has 1 aliphatic rings. The Morgan fingerprint density at radius 2 is 2.33 bits per heavy atom. The number of thiophene rings is 1.